The summed E-state index contributed by atoms with van der Waals surface area (Å²) in [6.45, 7) is 4.39. The van der Waals surface area contributed by atoms with Crippen LogP contribution in [0, 0.1) is 19.8 Å². The van der Waals surface area contributed by atoms with Crippen molar-refractivity contribution in [2.75, 3.05) is 18.8 Å². The molecule has 0 bridgehead atoms. The average molecular weight is 476 g/mol. The first-order valence-corrected chi connectivity index (χ1v) is 13.1. The van der Waals surface area contributed by atoms with Gasteiger partial charge in [-0.1, -0.05) is 47.5 Å². The van der Waals surface area contributed by atoms with Gasteiger partial charge in [-0.05, 0) is 44.4 Å². The largest absolute Gasteiger partial charge is 0.273 e. The summed E-state index contributed by atoms with van der Waals surface area (Å²) < 4.78 is 27.2. The zero-order chi connectivity index (χ0) is 23.1. The molecule has 1 heterocycles. The summed E-state index contributed by atoms with van der Waals surface area (Å²) in [4.78, 5) is 24.8. The minimum absolute atomic E-state index is 0.0973. The van der Waals surface area contributed by atoms with E-state index in [0.717, 1.165) is 11.1 Å². The highest BCUT2D eigenvalue weighted by atomic mass is 32.2. The number of carbonyl (C=O) groups excluding carboxylic acids is 2. The predicted octanol–water partition coefficient (Wildman–Crippen LogP) is 2.78. The van der Waals surface area contributed by atoms with Crippen LogP contribution in [-0.4, -0.2) is 43.4 Å². The number of aryl methyl sites for hydroxylation is 2. The van der Waals surface area contributed by atoms with E-state index in [0.29, 0.717) is 25.1 Å². The number of sulfonamides is 1. The van der Waals surface area contributed by atoms with E-state index in [4.69, 9.17) is 0 Å². The van der Waals surface area contributed by atoms with Gasteiger partial charge in [-0.3, -0.25) is 20.4 Å². The average Bonchev–Trinajstić information content (AvgIpc) is 2.79. The first-order valence-electron chi connectivity index (χ1n) is 10.5. The summed E-state index contributed by atoms with van der Waals surface area (Å²) in [7, 11) is -3.65. The number of nitrogens with one attached hydrogen (secondary N) is 2. The zero-order valence-corrected chi connectivity index (χ0v) is 20.0. The molecule has 0 saturated carbocycles. The third-order valence-electron chi connectivity index (χ3n) is 5.36. The van der Waals surface area contributed by atoms with Crippen molar-refractivity contribution in [1.29, 1.82) is 0 Å². The maximum absolute atomic E-state index is 12.9. The summed E-state index contributed by atoms with van der Waals surface area (Å²) in [5.74, 6) is -0.256. The first kappa shape index (κ1) is 24.3. The van der Waals surface area contributed by atoms with E-state index < -0.39 is 15.9 Å². The van der Waals surface area contributed by atoms with Crippen LogP contribution in [0.25, 0.3) is 0 Å². The van der Waals surface area contributed by atoms with E-state index in [1.165, 1.54) is 21.6 Å². The molecular weight excluding hydrogens is 446 g/mol. The lowest BCUT2D eigenvalue weighted by atomic mass is 9.99. The Morgan fingerprint density at radius 2 is 1.62 bits per heavy atom. The molecule has 2 aromatic rings. The second kappa shape index (κ2) is 11.0. The zero-order valence-electron chi connectivity index (χ0n) is 18.3. The third-order valence-corrected chi connectivity index (χ3v) is 8.24. The van der Waals surface area contributed by atoms with Crippen LogP contribution < -0.4 is 10.9 Å². The van der Waals surface area contributed by atoms with Crippen LogP contribution >= 0.6 is 11.8 Å². The molecular formula is C23H29N3O4S2. The lowest BCUT2D eigenvalue weighted by Crippen LogP contribution is -2.50. The Morgan fingerprint density at radius 1 is 1.00 bits per heavy atom. The first-order chi connectivity index (χ1) is 15.3. The number of nitrogens with zero attached hydrogens (tertiary/aromatic N) is 1. The Bertz CT molecular complexity index is 1040. The number of piperidine rings is 1. The van der Waals surface area contributed by atoms with Crippen LogP contribution in [-0.2, 0) is 25.4 Å². The fourth-order valence-electron chi connectivity index (χ4n) is 3.45. The Kier molecular flexibility index (Phi) is 8.33. The van der Waals surface area contributed by atoms with Crippen molar-refractivity contribution in [2.24, 2.45) is 5.92 Å². The van der Waals surface area contributed by atoms with Crippen LogP contribution in [0.1, 0.15) is 29.5 Å². The molecule has 7 nitrogen and oxygen atoms in total. The molecule has 32 heavy (non-hydrogen) atoms. The van der Waals surface area contributed by atoms with Crippen LogP contribution in [0.5, 0.6) is 0 Å². The fraction of sp³-hybridized carbons (Fsp3) is 0.391. The number of carbonyl (C=O) groups is 2. The van der Waals surface area contributed by atoms with Gasteiger partial charge in [-0.25, -0.2) is 8.42 Å². The third kappa shape index (κ3) is 6.57. The van der Waals surface area contributed by atoms with Crippen molar-refractivity contribution in [3.8, 4) is 0 Å². The molecule has 2 aromatic carbocycles. The van der Waals surface area contributed by atoms with Gasteiger partial charge in [0.05, 0.1) is 16.6 Å². The van der Waals surface area contributed by atoms with E-state index in [2.05, 4.69) is 10.9 Å². The summed E-state index contributed by atoms with van der Waals surface area (Å²) in [5, 5.41) is 0. The van der Waals surface area contributed by atoms with Crippen molar-refractivity contribution in [3.05, 3.63) is 65.2 Å². The smallest absolute Gasteiger partial charge is 0.248 e. The molecule has 9 heteroatoms. The van der Waals surface area contributed by atoms with Crippen LogP contribution in [0.2, 0.25) is 0 Å². The van der Waals surface area contributed by atoms with E-state index >= 15 is 0 Å². The van der Waals surface area contributed by atoms with E-state index in [1.54, 1.807) is 24.3 Å². The molecule has 3 rings (SSSR count). The molecule has 1 aliphatic heterocycles. The number of thioether (sulfide) groups is 1. The van der Waals surface area contributed by atoms with Crippen LogP contribution in [0.3, 0.4) is 0 Å². The molecule has 0 radical (unpaired) electrons. The normalized spacial score (nSPS) is 17.0. The highest BCUT2D eigenvalue weighted by Gasteiger charge is 2.33. The Labute approximate surface area is 194 Å². The van der Waals surface area contributed by atoms with Gasteiger partial charge in [0, 0.05) is 18.8 Å². The van der Waals surface area contributed by atoms with Gasteiger partial charge >= 0.3 is 0 Å². The van der Waals surface area contributed by atoms with Gasteiger partial charge in [0.15, 0.2) is 0 Å². The molecule has 0 spiro atoms. The lowest BCUT2D eigenvalue weighted by molar-refractivity contribution is -0.131. The summed E-state index contributed by atoms with van der Waals surface area (Å²) in [5.41, 5.74) is 8.19. The van der Waals surface area contributed by atoms with Crippen molar-refractivity contribution in [2.45, 2.75) is 37.3 Å². The number of hydrogen-bond donors (Lipinski definition) is 2. The number of rotatable bonds is 7. The number of benzene rings is 2. The van der Waals surface area contributed by atoms with Gasteiger partial charge in [0.25, 0.3) is 0 Å². The second-order valence-electron chi connectivity index (χ2n) is 8.03. The molecule has 1 saturated heterocycles. The molecule has 1 fully saturated rings. The maximum atomic E-state index is 12.9. The van der Waals surface area contributed by atoms with E-state index in [-0.39, 0.29) is 29.0 Å². The maximum Gasteiger partial charge on any atom is 0.248 e. The number of hydrogen-bond acceptors (Lipinski definition) is 5. The summed E-state index contributed by atoms with van der Waals surface area (Å²) in [6.07, 6.45) is 1.16. The van der Waals surface area contributed by atoms with Crippen molar-refractivity contribution in [3.63, 3.8) is 0 Å². The SMILES string of the molecule is Cc1ccc(CSCC(=O)NNC(=O)C2CCCN(S(=O)(=O)c3ccc(C)cc3)C2)cc1. The van der Waals surface area contributed by atoms with E-state index in [9.17, 15) is 18.0 Å². The van der Waals surface area contributed by atoms with Crippen LogP contribution in [0.15, 0.2) is 53.4 Å². The van der Waals surface area contributed by atoms with Gasteiger partial charge in [-0.2, -0.15) is 4.31 Å². The molecule has 1 aliphatic rings. The molecule has 0 aliphatic carbocycles. The van der Waals surface area contributed by atoms with E-state index in [1.807, 2.05) is 38.1 Å². The van der Waals surface area contributed by atoms with Gasteiger partial charge in [-0.15, -0.1) is 11.8 Å². The highest BCUT2D eigenvalue weighted by Crippen LogP contribution is 2.24. The molecule has 172 valence electrons. The van der Waals surface area contributed by atoms with Crippen molar-refractivity contribution in [1.82, 2.24) is 15.2 Å². The van der Waals surface area contributed by atoms with Gasteiger partial charge in [0.2, 0.25) is 21.8 Å². The molecule has 2 N–H and O–H groups in total. The summed E-state index contributed by atoms with van der Waals surface area (Å²) in [6, 6.07) is 14.8. The Hall–Kier alpha value is -2.36. The minimum Gasteiger partial charge on any atom is -0.273 e. The lowest BCUT2D eigenvalue weighted by Gasteiger charge is -2.31. The fourth-order valence-corrected chi connectivity index (χ4v) is 5.76. The minimum atomic E-state index is -3.65. The number of hydrazine groups is 1. The van der Waals surface area contributed by atoms with Gasteiger partial charge < -0.3 is 0 Å². The summed E-state index contributed by atoms with van der Waals surface area (Å²) >= 11 is 1.46. The van der Waals surface area contributed by atoms with Crippen molar-refractivity contribution < 1.29 is 18.0 Å². The molecule has 1 atom stereocenters. The van der Waals surface area contributed by atoms with Gasteiger partial charge in [0.1, 0.15) is 0 Å². The molecule has 1 unspecified atom stereocenters. The molecule has 2 amide bonds. The number of amides is 2. The quantitative estimate of drug-likeness (QED) is 0.601. The standard InChI is InChI=1S/C23H29N3O4S2/c1-17-5-9-19(10-6-17)15-31-16-22(27)24-25-23(28)20-4-3-13-26(14-20)32(29,30)21-11-7-18(2)8-12-21/h5-12,20H,3-4,13-16H2,1-2H3,(H,24,27)(H,25,28). The Morgan fingerprint density at radius 3 is 2.28 bits per heavy atom. The van der Waals surface area contributed by atoms with Crippen LogP contribution in [0.4, 0.5) is 0 Å². The molecule has 0 aromatic heterocycles. The topological polar surface area (TPSA) is 95.6 Å². The second-order valence-corrected chi connectivity index (χ2v) is 11.0. The Balaban J connectivity index is 1.45. The predicted molar refractivity (Wildman–Crippen MR) is 126 cm³/mol. The highest BCUT2D eigenvalue weighted by molar-refractivity contribution is 7.99. The monoisotopic (exact) mass is 475 g/mol. The van der Waals surface area contributed by atoms with Crippen molar-refractivity contribution >= 4 is 33.6 Å².